The Bertz CT molecular complexity index is 1120. The fraction of sp³-hybridized carbons (Fsp3) is 0.143. The Hall–Kier alpha value is -3.19. The summed E-state index contributed by atoms with van der Waals surface area (Å²) in [5.41, 5.74) is 2.60. The number of nitrogens with one attached hydrogen (secondary N) is 2. The molecule has 0 saturated heterocycles. The van der Waals surface area contributed by atoms with Crippen molar-refractivity contribution in [3.8, 4) is 11.5 Å². The number of ether oxygens (including phenoxy) is 2. The van der Waals surface area contributed by atoms with Crippen LogP contribution in [-0.2, 0) is 4.79 Å². The summed E-state index contributed by atoms with van der Waals surface area (Å²) < 4.78 is 10.7. The van der Waals surface area contributed by atoms with Crippen molar-refractivity contribution in [1.82, 2.24) is 0 Å². The van der Waals surface area contributed by atoms with Crippen molar-refractivity contribution in [2.24, 2.45) is 4.99 Å². The van der Waals surface area contributed by atoms with Gasteiger partial charge in [-0.05, 0) is 36.6 Å². The number of amides is 1. The van der Waals surface area contributed by atoms with Crippen LogP contribution >= 0.6 is 11.8 Å². The standard InChI is InChI=1S/C21H17N3O3S/c1-12(20(25)22-14-8-9-17-18(10-14)27-11-26-17)28-21-23-15-6-2-4-13-5-3-7-16(24-21)19(13)15/h2-10,12H,11H2,1H3,(H,22,25)(H,23,24)/t12-/m0/s1. The minimum absolute atomic E-state index is 0.106. The van der Waals surface area contributed by atoms with Gasteiger partial charge in [-0.25, -0.2) is 4.99 Å². The first-order chi connectivity index (χ1) is 13.7. The predicted octanol–water partition coefficient (Wildman–Crippen LogP) is 4.74. The van der Waals surface area contributed by atoms with Crippen LogP contribution in [0.5, 0.6) is 11.5 Å². The lowest BCUT2D eigenvalue weighted by atomic mass is 10.1. The summed E-state index contributed by atoms with van der Waals surface area (Å²) in [6, 6.07) is 17.5. The number of hydrogen-bond donors (Lipinski definition) is 2. The van der Waals surface area contributed by atoms with Crippen molar-refractivity contribution in [3.05, 3.63) is 54.6 Å². The van der Waals surface area contributed by atoms with Gasteiger partial charge in [0.1, 0.15) is 0 Å². The Kier molecular flexibility index (Phi) is 4.09. The summed E-state index contributed by atoms with van der Waals surface area (Å²) >= 11 is 1.39. The summed E-state index contributed by atoms with van der Waals surface area (Å²) in [4.78, 5) is 17.3. The van der Waals surface area contributed by atoms with Gasteiger partial charge in [0.05, 0.1) is 16.6 Å². The fourth-order valence-electron chi connectivity index (χ4n) is 3.27. The molecule has 1 atom stereocenters. The van der Waals surface area contributed by atoms with Gasteiger partial charge < -0.3 is 20.1 Å². The Morgan fingerprint density at radius 3 is 2.86 bits per heavy atom. The zero-order chi connectivity index (χ0) is 19.1. The van der Waals surface area contributed by atoms with Crippen molar-refractivity contribution in [1.29, 1.82) is 0 Å². The van der Waals surface area contributed by atoms with E-state index in [1.807, 2.05) is 31.2 Å². The number of amidine groups is 1. The van der Waals surface area contributed by atoms with Crippen LogP contribution in [0, 0.1) is 0 Å². The fourth-order valence-corrected chi connectivity index (χ4v) is 4.09. The number of fused-ring (bicyclic) bond motifs is 1. The Balaban J connectivity index is 1.31. The average molecular weight is 391 g/mol. The van der Waals surface area contributed by atoms with Crippen LogP contribution in [0.4, 0.5) is 17.1 Å². The molecule has 5 rings (SSSR count). The first-order valence-electron chi connectivity index (χ1n) is 8.92. The van der Waals surface area contributed by atoms with Crippen LogP contribution in [0.2, 0.25) is 0 Å². The van der Waals surface area contributed by atoms with E-state index in [9.17, 15) is 4.79 Å². The first-order valence-corrected chi connectivity index (χ1v) is 9.80. The van der Waals surface area contributed by atoms with Crippen molar-refractivity contribution >= 4 is 50.7 Å². The number of benzene rings is 3. The largest absolute Gasteiger partial charge is 0.454 e. The molecule has 3 aromatic carbocycles. The van der Waals surface area contributed by atoms with Crippen molar-refractivity contribution < 1.29 is 14.3 Å². The summed E-state index contributed by atoms with van der Waals surface area (Å²) in [5.74, 6) is 1.22. The van der Waals surface area contributed by atoms with E-state index in [2.05, 4.69) is 22.8 Å². The molecule has 28 heavy (non-hydrogen) atoms. The van der Waals surface area contributed by atoms with Crippen molar-refractivity contribution in [3.63, 3.8) is 0 Å². The molecular weight excluding hydrogens is 374 g/mol. The molecule has 3 aromatic rings. The van der Waals surface area contributed by atoms with Crippen molar-refractivity contribution in [2.75, 3.05) is 17.4 Å². The summed E-state index contributed by atoms with van der Waals surface area (Å²) in [5, 5.41) is 8.88. The van der Waals surface area contributed by atoms with E-state index in [0.29, 0.717) is 22.4 Å². The monoisotopic (exact) mass is 391 g/mol. The molecule has 2 N–H and O–H groups in total. The molecule has 1 amide bonds. The maximum atomic E-state index is 12.6. The summed E-state index contributed by atoms with van der Waals surface area (Å²) in [6.07, 6.45) is 0. The van der Waals surface area contributed by atoms with Crippen LogP contribution in [-0.4, -0.2) is 23.1 Å². The molecule has 6 nitrogen and oxygen atoms in total. The number of rotatable bonds is 3. The third-order valence-electron chi connectivity index (χ3n) is 4.64. The molecule has 0 unspecified atom stereocenters. The van der Waals surface area contributed by atoms with Gasteiger partial charge in [0.25, 0.3) is 0 Å². The lowest BCUT2D eigenvalue weighted by Gasteiger charge is -2.20. The molecule has 2 aliphatic rings. The molecule has 0 bridgehead atoms. The normalized spacial score (nSPS) is 15.0. The van der Waals surface area contributed by atoms with E-state index in [1.54, 1.807) is 18.2 Å². The van der Waals surface area contributed by atoms with E-state index in [-0.39, 0.29) is 18.0 Å². The van der Waals surface area contributed by atoms with E-state index >= 15 is 0 Å². The van der Waals surface area contributed by atoms with E-state index in [1.165, 1.54) is 11.8 Å². The molecule has 7 heteroatoms. The van der Waals surface area contributed by atoms with E-state index in [4.69, 9.17) is 14.5 Å². The van der Waals surface area contributed by atoms with Crippen LogP contribution in [0.1, 0.15) is 6.92 Å². The summed E-state index contributed by atoms with van der Waals surface area (Å²) in [6.45, 7) is 2.07. The van der Waals surface area contributed by atoms with E-state index in [0.717, 1.165) is 22.1 Å². The smallest absolute Gasteiger partial charge is 0.237 e. The van der Waals surface area contributed by atoms with Crippen LogP contribution in [0.15, 0.2) is 59.6 Å². The van der Waals surface area contributed by atoms with Gasteiger partial charge in [-0.15, -0.1) is 0 Å². The van der Waals surface area contributed by atoms with Gasteiger partial charge in [-0.1, -0.05) is 36.0 Å². The van der Waals surface area contributed by atoms with Gasteiger partial charge in [-0.2, -0.15) is 0 Å². The van der Waals surface area contributed by atoms with Crippen LogP contribution < -0.4 is 20.1 Å². The van der Waals surface area contributed by atoms with Gasteiger partial charge in [0, 0.05) is 17.1 Å². The van der Waals surface area contributed by atoms with Gasteiger partial charge in [0.15, 0.2) is 16.7 Å². The number of carbonyl (C=O) groups is 1. The zero-order valence-electron chi connectivity index (χ0n) is 15.1. The van der Waals surface area contributed by atoms with Gasteiger partial charge in [0.2, 0.25) is 12.7 Å². The minimum atomic E-state index is -0.332. The molecule has 2 heterocycles. The number of anilines is 2. The molecule has 0 radical (unpaired) electrons. The second-order valence-electron chi connectivity index (χ2n) is 6.54. The lowest BCUT2D eigenvalue weighted by Crippen LogP contribution is -2.25. The van der Waals surface area contributed by atoms with Crippen molar-refractivity contribution in [2.45, 2.75) is 12.2 Å². The molecular formula is C21H17N3O3S. The molecule has 0 spiro atoms. The zero-order valence-corrected chi connectivity index (χ0v) is 15.9. The maximum Gasteiger partial charge on any atom is 0.237 e. The second-order valence-corrected chi connectivity index (χ2v) is 7.87. The third-order valence-corrected chi connectivity index (χ3v) is 5.63. The second kappa shape index (κ2) is 6.76. The lowest BCUT2D eigenvalue weighted by molar-refractivity contribution is -0.115. The number of aliphatic imine (C=N–C) groups is 1. The van der Waals surface area contributed by atoms with Gasteiger partial charge >= 0.3 is 0 Å². The Morgan fingerprint density at radius 2 is 1.96 bits per heavy atom. The SMILES string of the molecule is C[C@H](SC1=Nc2cccc3cccc(c23)N1)C(=O)Nc1ccc2c(c1)OCO2. The highest BCUT2D eigenvalue weighted by atomic mass is 32.2. The highest BCUT2D eigenvalue weighted by molar-refractivity contribution is 8.15. The number of nitrogens with zero attached hydrogens (tertiary/aromatic N) is 1. The molecule has 0 aromatic heterocycles. The quantitative estimate of drug-likeness (QED) is 0.675. The third kappa shape index (κ3) is 3.03. The number of thioether (sulfide) groups is 1. The predicted molar refractivity (Wildman–Crippen MR) is 113 cm³/mol. The highest BCUT2D eigenvalue weighted by Crippen LogP contribution is 2.38. The van der Waals surface area contributed by atoms with Crippen LogP contribution in [0.3, 0.4) is 0 Å². The minimum Gasteiger partial charge on any atom is -0.454 e. The summed E-state index contributed by atoms with van der Waals surface area (Å²) in [7, 11) is 0. The Labute approximate surface area is 165 Å². The van der Waals surface area contributed by atoms with Gasteiger partial charge in [-0.3, -0.25) is 4.79 Å². The molecule has 2 aliphatic heterocycles. The Morgan fingerprint density at radius 1 is 1.14 bits per heavy atom. The average Bonchev–Trinajstić information content (AvgIpc) is 3.16. The highest BCUT2D eigenvalue weighted by Gasteiger charge is 2.21. The maximum absolute atomic E-state index is 12.6. The van der Waals surface area contributed by atoms with E-state index < -0.39 is 0 Å². The number of carbonyl (C=O) groups excluding carboxylic acids is 1. The first kappa shape index (κ1) is 16.9. The molecule has 0 aliphatic carbocycles. The topological polar surface area (TPSA) is 72.0 Å². The molecule has 140 valence electrons. The number of hydrogen-bond acceptors (Lipinski definition) is 6. The molecule has 0 saturated carbocycles. The molecule has 0 fully saturated rings. The van der Waals surface area contributed by atoms with Crippen LogP contribution in [0.25, 0.3) is 10.8 Å².